The molecule has 8 heteroatoms. The van der Waals surface area contributed by atoms with E-state index in [2.05, 4.69) is 34.4 Å². The monoisotopic (exact) mass is 466 g/mol. The molecule has 1 atom stereocenters. The molecule has 0 aromatic carbocycles. The van der Waals surface area contributed by atoms with E-state index in [1.807, 2.05) is 17.8 Å². The second-order valence-corrected chi connectivity index (χ2v) is 7.20. The van der Waals surface area contributed by atoms with Gasteiger partial charge in [-0.1, -0.05) is 13.8 Å². The summed E-state index contributed by atoms with van der Waals surface area (Å²) >= 11 is 2.02. The molecule has 1 unspecified atom stereocenters. The molecule has 1 aliphatic heterocycles. The lowest BCUT2D eigenvalue weighted by molar-refractivity contribution is -0.120. The van der Waals surface area contributed by atoms with Crippen molar-refractivity contribution < 1.29 is 9.21 Å². The molecule has 0 aliphatic carbocycles. The Bertz CT molecular complexity index is 522. The smallest absolute Gasteiger partial charge is 0.239 e. The number of hydrogen-bond acceptors (Lipinski definition) is 4. The van der Waals surface area contributed by atoms with Crippen molar-refractivity contribution in [2.24, 2.45) is 10.9 Å². The third kappa shape index (κ3) is 6.54. The molecule has 2 heterocycles. The molecule has 0 bridgehead atoms. The summed E-state index contributed by atoms with van der Waals surface area (Å²) < 4.78 is 5.19. The zero-order chi connectivity index (χ0) is 16.7. The maximum atomic E-state index is 11.9. The van der Waals surface area contributed by atoms with Gasteiger partial charge in [-0.2, -0.15) is 11.8 Å². The highest BCUT2D eigenvalue weighted by atomic mass is 127. The maximum absolute atomic E-state index is 11.9. The molecule has 1 aromatic heterocycles. The molecular formula is C16H27IN4O2S. The number of aliphatic imine (C=N–C) groups is 1. The summed E-state index contributed by atoms with van der Waals surface area (Å²) in [6, 6.07) is 3.64. The molecule has 1 saturated heterocycles. The Morgan fingerprint density at radius 3 is 2.92 bits per heavy atom. The van der Waals surface area contributed by atoms with Crippen LogP contribution in [0.3, 0.4) is 0 Å². The molecule has 2 N–H and O–H groups in total. The number of carbonyl (C=O) groups is 1. The number of nitrogens with zero attached hydrogens (tertiary/aromatic N) is 2. The zero-order valence-corrected chi connectivity index (χ0v) is 17.6. The van der Waals surface area contributed by atoms with Gasteiger partial charge in [0, 0.05) is 31.1 Å². The molecular weight excluding hydrogens is 439 g/mol. The maximum Gasteiger partial charge on any atom is 0.239 e. The van der Waals surface area contributed by atoms with Gasteiger partial charge in [-0.25, -0.2) is 0 Å². The van der Waals surface area contributed by atoms with Gasteiger partial charge in [0.2, 0.25) is 5.91 Å². The largest absolute Gasteiger partial charge is 0.467 e. The van der Waals surface area contributed by atoms with E-state index in [1.165, 1.54) is 0 Å². The van der Waals surface area contributed by atoms with E-state index < -0.39 is 0 Å². The van der Waals surface area contributed by atoms with Crippen molar-refractivity contribution in [2.45, 2.75) is 25.6 Å². The molecule has 136 valence electrons. The third-order valence-corrected chi connectivity index (χ3v) is 5.34. The Labute approximate surface area is 165 Å². The number of nitrogens with one attached hydrogen (secondary N) is 2. The molecule has 6 nitrogen and oxygen atoms in total. The number of rotatable bonds is 5. The first-order valence-electron chi connectivity index (χ1n) is 7.96. The average molecular weight is 466 g/mol. The number of amides is 1. The van der Waals surface area contributed by atoms with Crippen molar-refractivity contribution in [3.8, 4) is 0 Å². The van der Waals surface area contributed by atoms with Gasteiger partial charge in [0.05, 0.1) is 19.4 Å². The van der Waals surface area contributed by atoms with Crippen molar-refractivity contribution in [2.75, 3.05) is 32.4 Å². The van der Waals surface area contributed by atoms with Crippen molar-refractivity contribution in [1.82, 2.24) is 15.5 Å². The van der Waals surface area contributed by atoms with Crippen LogP contribution in [0, 0.1) is 5.92 Å². The molecule has 0 saturated carbocycles. The molecule has 0 spiro atoms. The van der Waals surface area contributed by atoms with Crippen molar-refractivity contribution in [3.63, 3.8) is 0 Å². The molecule has 2 rings (SSSR count). The molecule has 24 heavy (non-hydrogen) atoms. The van der Waals surface area contributed by atoms with E-state index >= 15 is 0 Å². The van der Waals surface area contributed by atoms with Crippen LogP contribution < -0.4 is 10.6 Å². The lowest BCUT2D eigenvalue weighted by Crippen LogP contribution is -2.50. The number of carbonyl (C=O) groups excluding carboxylic acids is 1. The minimum Gasteiger partial charge on any atom is -0.467 e. The van der Waals surface area contributed by atoms with Gasteiger partial charge in [-0.05, 0) is 18.1 Å². The number of furan rings is 1. The van der Waals surface area contributed by atoms with E-state index in [9.17, 15) is 4.79 Å². The molecule has 1 amide bonds. The Kier molecular flexibility index (Phi) is 9.57. The standard InChI is InChI=1S/C16H26N4O2S.HI/c1-12(2)14-11-20(6-8-23-14)16(17-3)19-10-15(21)18-9-13-5-4-7-22-13;/h4-5,7,12,14H,6,8-11H2,1-3H3,(H,17,19)(H,18,21);1H. The fraction of sp³-hybridized carbons (Fsp3) is 0.625. The van der Waals surface area contributed by atoms with E-state index in [0.29, 0.717) is 17.7 Å². The summed E-state index contributed by atoms with van der Waals surface area (Å²) in [7, 11) is 1.76. The van der Waals surface area contributed by atoms with Crippen LogP contribution in [0.4, 0.5) is 0 Å². The first-order chi connectivity index (χ1) is 11.1. The normalized spacial score (nSPS) is 18.2. The van der Waals surface area contributed by atoms with Crippen molar-refractivity contribution in [1.29, 1.82) is 0 Å². The fourth-order valence-corrected chi connectivity index (χ4v) is 3.72. The third-order valence-electron chi connectivity index (χ3n) is 3.80. The van der Waals surface area contributed by atoms with Crippen LogP contribution in [0.1, 0.15) is 19.6 Å². The minimum absolute atomic E-state index is 0. The van der Waals surface area contributed by atoms with Gasteiger partial charge in [0.25, 0.3) is 0 Å². The number of guanidine groups is 1. The minimum atomic E-state index is -0.0747. The number of hydrogen-bond donors (Lipinski definition) is 2. The highest BCUT2D eigenvalue weighted by Crippen LogP contribution is 2.24. The average Bonchev–Trinajstić information content (AvgIpc) is 3.07. The summed E-state index contributed by atoms with van der Waals surface area (Å²) in [5, 5.41) is 6.58. The lowest BCUT2D eigenvalue weighted by Gasteiger charge is -2.36. The number of halogens is 1. The summed E-state index contributed by atoms with van der Waals surface area (Å²) in [4.78, 5) is 18.5. The van der Waals surface area contributed by atoms with Crippen LogP contribution in [0.2, 0.25) is 0 Å². The second-order valence-electron chi connectivity index (χ2n) is 5.86. The SMILES string of the molecule is CN=C(NCC(=O)NCc1ccco1)N1CCSC(C(C)C)C1.I. The molecule has 1 aromatic rings. The lowest BCUT2D eigenvalue weighted by atomic mass is 10.1. The summed E-state index contributed by atoms with van der Waals surface area (Å²) in [5.41, 5.74) is 0. The first kappa shape index (κ1) is 21.1. The predicted octanol–water partition coefficient (Wildman–Crippen LogP) is 2.16. The molecule has 0 radical (unpaired) electrons. The van der Waals surface area contributed by atoms with Gasteiger partial charge in [-0.15, -0.1) is 24.0 Å². The Morgan fingerprint density at radius 1 is 1.50 bits per heavy atom. The van der Waals surface area contributed by atoms with E-state index in [1.54, 1.807) is 19.4 Å². The Balaban J connectivity index is 0.00000288. The van der Waals surface area contributed by atoms with Crippen LogP contribution in [-0.4, -0.2) is 54.5 Å². The summed E-state index contributed by atoms with van der Waals surface area (Å²) in [5.74, 6) is 3.19. The van der Waals surface area contributed by atoms with Gasteiger partial charge in [-0.3, -0.25) is 9.79 Å². The number of thioether (sulfide) groups is 1. The summed E-state index contributed by atoms with van der Waals surface area (Å²) in [6.45, 7) is 7.04. The van der Waals surface area contributed by atoms with E-state index in [-0.39, 0.29) is 36.4 Å². The highest BCUT2D eigenvalue weighted by molar-refractivity contribution is 14.0. The first-order valence-corrected chi connectivity index (χ1v) is 9.01. The molecule has 1 aliphatic rings. The van der Waals surface area contributed by atoms with Gasteiger partial charge < -0.3 is 20.0 Å². The van der Waals surface area contributed by atoms with Crippen LogP contribution in [0.25, 0.3) is 0 Å². The van der Waals surface area contributed by atoms with Gasteiger partial charge in [0.15, 0.2) is 5.96 Å². The van der Waals surface area contributed by atoms with Crippen molar-refractivity contribution >= 4 is 47.6 Å². The molecule has 1 fully saturated rings. The topological polar surface area (TPSA) is 69.9 Å². The predicted molar refractivity (Wildman–Crippen MR) is 110 cm³/mol. The Morgan fingerprint density at radius 2 is 2.29 bits per heavy atom. The van der Waals surface area contributed by atoms with Crippen molar-refractivity contribution in [3.05, 3.63) is 24.2 Å². The van der Waals surface area contributed by atoms with E-state index in [0.717, 1.165) is 30.6 Å². The van der Waals surface area contributed by atoms with E-state index in [4.69, 9.17) is 4.42 Å². The fourth-order valence-electron chi connectivity index (χ4n) is 2.42. The summed E-state index contributed by atoms with van der Waals surface area (Å²) in [6.07, 6.45) is 1.60. The second kappa shape index (κ2) is 10.9. The van der Waals surface area contributed by atoms with Crippen LogP contribution >= 0.6 is 35.7 Å². The Hall–Kier alpha value is -0.900. The van der Waals surface area contributed by atoms with Crippen LogP contribution in [0.15, 0.2) is 27.8 Å². The van der Waals surface area contributed by atoms with Crippen LogP contribution in [0.5, 0.6) is 0 Å². The van der Waals surface area contributed by atoms with Crippen LogP contribution in [-0.2, 0) is 11.3 Å². The van der Waals surface area contributed by atoms with Gasteiger partial charge in [0.1, 0.15) is 5.76 Å². The van der Waals surface area contributed by atoms with Gasteiger partial charge >= 0.3 is 0 Å². The zero-order valence-electron chi connectivity index (χ0n) is 14.4. The highest BCUT2D eigenvalue weighted by Gasteiger charge is 2.24. The quantitative estimate of drug-likeness (QED) is 0.396.